The van der Waals surface area contributed by atoms with Crippen molar-refractivity contribution in [2.24, 2.45) is 0 Å². The van der Waals surface area contributed by atoms with E-state index in [2.05, 4.69) is 4.98 Å². The number of carbonyl (C=O) groups excluding carboxylic acids is 1. The van der Waals surface area contributed by atoms with Crippen LogP contribution in [0.5, 0.6) is 5.75 Å². The van der Waals surface area contributed by atoms with Gasteiger partial charge < -0.3 is 15.4 Å². The smallest absolute Gasteiger partial charge is 0.439 e. The number of unbranched alkanes of at least 4 members (excludes halogenated alkanes) is 1. The first kappa shape index (κ1) is 27.2. The summed E-state index contributed by atoms with van der Waals surface area (Å²) in [7, 11) is 0. The van der Waals surface area contributed by atoms with Gasteiger partial charge in [0, 0.05) is 5.02 Å². The number of fused-ring (bicyclic) bond motifs is 1. The third-order valence-electron chi connectivity index (χ3n) is 4.75. The number of carbonyl (C=O) groups is 1. The molecule has 5 nitrogen and oxygen atoms in total. The Kier molecular flexibility index (Phi) is 7.97. The number of nitrogens with one attached hydrogen (secondary N) is 2. The van der Waals surface area contributed by atoms with Gasteiger partial charge in [-0.2, -0.15) is 26.3 Å². The number of hydrogen-bond acceptors (Lipinski definition) is 5. The number of halogens is 8. The van der Waals surface area contributed by atoms with E-state index in [0.29, 0.717) is 23.7 Å². The molecule has 0 saturated heterocycles. The topological polar surface area (TPSA) is 63.2 Å². The number of thiazole rings is 1. The Labute approximate surface area is 209 Å². The summed E-state index contributed by atoms with van der Waals surface area (Å²) in [4.78, 5) is 16.3. The molecule has 1 amide bonds. The van der Waals surface area contributed by atoms with Crippen molar-refractivity contribution >= 4 is 55.8 Å². The molecule has 1 heterocycles. The van der Waals surface area contributed by atoms with Crippen LogP contribution < -0.4 is 15.4 Å². The van der Waals surface area contributed by atoms with E-state index in [1.807, 2.05) is 6.92 Å². The van der Waals surface area contributed by atoms with Gasteiger partial charge in [0.05, 0.1) is 27.4 Å². The average Bonchev–Trinajstić information content (AvgIpc) is 3.13. The zero-order valence-corrected chi connectivity index (χ0v) is 20.1. The molecule has 0 aliphatic carbocycles. The molecular weight excluding hydrogens is 543 g/mol. The molecule has 1 aromatic heterocycles. The quantitative estimate of drug-likeness (QED) is 0.171. The molecule has 0 unspecified atom stereocenters. The maximum Gasteiger partial charge on any atom is 0.439 e. The van der Waals surface area contributed by atoms with Gasteiger partial charge in [-0.15, -0.1) is 0 Å². The molecule has 0 saturated carbocycles. The fraction of sp³-hybridized carbons (Fsp3) is 0.333. The molecule has 0 bridgehead atoms. The minimum absolute atomic E-state index is 0.0371. The van der Waals surface area contributed by atoms with Crippen molar-refractivity contribution < 1.29 is 35.9 Å². The van der Waals surface area contributed by atoms with Crippen LogP contribution in [0.4, 0.5) is 31.5 Å². The van der Waals surface area contributed by atoms with E-state index in [0.717, 1.165) is 36.4 Å². The number of anilines is 1. The minimum Gasteiger partial charge on any atom is -0.494 e. The molecule has 2 N–H and O–H groups in total. The van der Waals surface area contributed by atoms with Gasteiger partial charge in [-0.3, -0.25) is 4.79 Å². The van der Waals surface area contributed by atoms with Gasteiger partial charge >= 0.3 is 18.0 Å². The summed E-state index contributed by atoms with van der Waals surface area (Å²) in [5, 5.41) is 1.31. The lowest BCUT2D eigenvalue weighted by Gasteiger charge is -2.38. The molecule has 0 fully saturated rings. The van der Waals surface area contributed by atoms with Crippen LogP contribution in [0.15, 0.2) is 36.4 Å². The molecule has 3 aromatic rings. The van der Waals surface area contributed by atoms with E-state index in [1.54, 1.807) is 0 Å². The Hall–Kier alpha value is -2.44. The van der Waals surface area contributed by atoms with Crippen molar-refractivity contribution in [2.45, 2.75) is 37.8 Å². The summed E-state index contributed by atoms with van der Waals surface area (Å²) in [5.41, 5.74) is -5.35. The minimum atomic E-state index is -6.02. The fourth-order valence-corrected chi connectivity index (χ4v) is 4.37. The summed E-state index contributed by atoms with van der Waals surface area (Å²) >= 11 is 12.0. The summed E-state index contributed by atoms with van der Waals surface area (Å²) in [6, 6.07) is 7.41. The van der Waals surface area contributed by atoms with Crippen LogP contribution in [0, 0.1) is 0 Å². The number of ether oxygens (including phenoxy) is 1. The lowest BCUT2D eigenvalue weighted by atomic mass is 10.1. The Morgan fingerprint density at radius 2 is 1.74 bits per heavy atom. The van der Waals surface area contributed by atoms with Gasteiger partial charge in [0.15, 0.2) is 5.13 Å². The van der Waals surface area contributed by atoms with Crippen molar-refractivity contribution in [1.29, 1.82) is 0 Å². The molecule has 0 radical (unpaired) electrons. The van der Waals surface area contributed by atoms with Gasteiger partial charge in [0.2, 0.25) is 0 Å². The first-order valence-electron chi connectivity index (χ1n) is 10.00. The van der Waals surface area contributed by atoms with Crippen LogP contribution in [0.25, 0.3) is 10.2 Å². The molecule has 0 aliphatic heterocycles. The molecule has 0 aliphatic rings. The number of aromatic nitrogens is 1. The van der Waals surface area contributed by atoms with Crippen molar-refractivity contribution in [3.05, 3.63) is 52.0 Å². The predicted octanol–water partition coefficient (Wildman–Crippen LogP) is 7.44. The first-order valence-corrected chi connectivity index (χ1v) is 11.6. The van der Waals surface area contributed by atoms with Gasteiger partial charge in [0.1, 0.15) is 5.75 Å². The summed E-state index contributed by atoms with van der Waals surface area (Å²) in [6.07, 6.45) is -10.4. The SMILES string of the molecule is CCCCOc1ccc2nc(NC(NC(=O)c3ccc(Cl)cc3Cl)(C(F)(F)F)C(F)(F)F)sc2c1. The van der Waals surface area contributed by atoms with Gasteiger partial charge in [-0.05, 0) is 42.8 Å². The lowest BCUT2D eigenvalue weighted by molar-refractivity contribution is -0.294. The van der Waals surface area contributed by atoms with E-state index in [9.17, 15) is 31.1 Å². The fourth-order valence-electron chi connectivity index (χ4n) is 2.93. The highest BCUT2D eigenvalue weighted by atomic mass is 35.5. The predicted molar refractivity (Wildman–Crippen MR) is 122 cm³/mol. The molecular formula is C21H17Cl2F6N3O2S. The largest absolute Gasteiger partial charge is 0.494 e. The third-order valence-corrected chi connectivity index (χ3v) is 6.23. The van der Waals surface area contributed by atoms with E-state index >= 15 is 0 Å². The number of alkyl halides is 6. The first-order chi connectivity index (χ1) is 16.3. The number of hydrogen-bond donors (Lipinski definition) is 2. The Balaban J connectivity index is 2.00. The molecule has 14 heteroatoms. The zero-order valence-electron chi connectivity index (χ0n) is 17.8. The Bertz CT molecular complexity index is 1200. The van der Waals surface area contributed by atoms with Crippen molar-refractivity contribution in [1.82, 2.24) is 10.3 Å². The molecule has 0 spiro atoms. The average molecular weight is 560 g/mol. The maximum atomic E-state index is 14.0. The normalized spacial score (nSPS) is 12.6. The zero-order chi connectivity index (χ0) is 26.0. The second kappa shape index (κ2) is 10.3. The molecule has 0 atom stereocenters. The van der Waals surface area contributed by atoms with Crippen molar-refractivity contribution in [3.8, 4) is 5.75 Å². The van der Waals surface area contributed by atoms with Crippen LogP contribution in [0.2, 0.25) is 10.0 Å². The number of nitrogens with zero attached hydrogens (tertiary/aromatic N) is 1. The van der Waals surface area contributed by atoms with E-state index in [4.69, 9.17) is 27.9 Å². The molecule has 2 aromatic carbocycles. The third kappa shape index (κ3) is 5.87. The Morgan fingerprint density at radius 3 is 2.34 bits per heavy atom. The number of amides is 1. The van der Waals surface area contributed by atoms with Crippen LogP contribution in [0.3, 0.4) is 0 Å². The highest BCUT2D eigenvalue weighted by Crippen LogP contribution is 2.45. The summed E-state index contributed by atoms with van der Waals surface area (Å²) in [5.74, 6) is -1.33. The molecule has 190 valence electrons. The van der Waals surface area contributed by atoms with Crippen molar-refractivity contribution in [3.63, 3.8) is 0 Å². The number of benzene rings is 2. The highest BCUT2D eigenvalue weighted by molar-refractivity contribution is 7.22. The second-order valence-corrected chi connectivity index (χ2v) is 9.17. The van der Waals surface area contributed by atoms with Gasteiger partial charge in [-0.25, -0.2) is 4.98 Å². The van der Waals surface area contributed by atoms with E-state index in [1.165, 1.54) is 23.5 Å². The lowest BCUT2D eigenvalue weighted by Crippen LogP contribution is -2.72. The van der Waals surface area contributed by atoms with Crippen LogP contribution in [-0.4, -0.2) is 35.5 Å². The van der Waals surface area contributed by atoms with Crippen LogP contribution in [-0.2, 0) is 0 Å². The summed E-state index contributed by atoms with van der Waals surface area (Å²) < 4.78 is 89.8. The number of rotatable bonds is 8. The standard InChI is InChI=1S/C21H17Cl2F6N3O2S/c1-2-3-8-34-12-5-7-15-16(10-12)35-18(30-15)32-19(20(24,25)26,21(27,28)29)31-17(33)13-6-4-11(22)9-14(13)23/h4-7,9-10H,2-3,8H2,1H3,(H,30,32)(H,31,33). The monoisotopic (exact) mass is 559 g/mol. The molecule has 3 rings (SSSR count). The Morgan fingerprint density at radius 1 is 1.06 bits per heavy atom. The van der Waals surface area contributed by atoms with E-state index in [-0.39, 0.29) is 15.2 Å². The highest BCUT2D eigenvalue weighted by Gasteiger charge is 2.73. The van der Waals surface area contributed by atoms with E-state index < -0.39 is 39.6 Å². The van der Waals surface area contributed by atoms with Crippen LogP contribution >= 0.6 is 34.5 Å². The second-order valence-electron chi connectivity index (χ2n) is 7.30. The van der Waals surface area contributed by atoms with Gasteiger partial charge in [0.25, 0.3) is 5.91 Å². The maximum absolute atomic E-state index is 14.0. The summed E-state index contributed by atoms with van der Waals surface area (Å²) in [6.45, 7) is 2.36. The van der Waals surface area contributed by atoms with Crippen LogP contribution in [0.1, 0.15) is 30.1 Å². The molecule has 35 heavy (non-hydrogen) atoms. The van der Waals surface area contributed by atoms with Gasteiger partial charge in [-0.1, -0.05) is 47.9 Å². The van der Waals surface area contributed by atoms with Crippen molar-refractivity contribution in [2.75, 3.05) is 11.9 Å².